The van der Waals surface area contributed by atoms with Crippen LogP contribution in [-0.4, -0.2) is 18.3 Å². The van der Waals surface area contributed by atoms with Crippen molar-refractivity contribution in [3.05, 3.63) is 71.8 Å². The van der Waals surface area contributed by atoms with Crippen molar-refractivity contribution in [3.8, 4) is 5.75 Å². The number of fused-ring (bicyclic) bond motifs is 1. The fourth-order valence-corrected chi connectivity index (χ4v) is 2.33. The summed E-state index contributed by atoms with van der Waals surface area (Å²) in [6, 6.07) is 18.0. The van der Waals surface area contributed by atoms with Crippen LogP contribution in [-0.2, 0) is 0 Å². The molecule has 4 heteroatoms. The fraction of sp³-hybridized carbons (Fsp3) is 0.176. The van der Waals surface area contributed by atoms with Gasteiger partial charge in [-0.3, -0.25) is 0 Å². The van der Waals surface area contributed by atoms with Crippen molar-refractivity contribution in [1.82, 2.24) is 10.9 Å². The molecule has 0 radical (unpaired) electrons. The third kappa shape index (κ3) is 3.07. The van der Waals surface area contributed by atoms with Gasteiger partial charge in [0, 0.05) is 12.1 Å². The first-order valence-corrected chi connectivity index (χ1v) is 7.01. The van der Waals surface area contributed by atoms with E-state index < -0.39 is 0 Å². The highest BCUT2D eigenvalue weighted by molar-refractivity contribution is 5.71. The second-order valence-electron chi connectivity index (χ2n) is 4.80. The predicted molar refractivity (Wildman–Crippen MR) is 82.5 cm³/mol. The molecule has 2 aromatic carbocycles. The van der Waals surface area contributed by atoms with Crippen LogP contribution >= 0.6 is 0 Å². The molecule has 0 saturated carbocycles. The van der Waals surface area contributed by atoms with E-state index in [0.717, 1.165) is 22.6 Å². The monoisotopic (exact) mass is 282 g/mol. The van der Waals surface area contributed by atoms with Gasteiger partial charge in [-0.05, 0) is 23.8 Å². The number of nitrogens with one attached hydrogen (secondary N) is 2. The number of aliphatic hydroxyl groups excluding tert-OH is 1. The lowest BCUT2D eigenvalue weighted by atomic mass is 10.0. The van der Waals surface area contributed by atoms with Crippen molar-refractivity contribution in [2.75, 3.05) is 13.2 Å². The van der Waals surface area contributed by atoms with Crippen LogP contribution in [0.4, 0.5) is 0 Å². The molecule has 108 valence electrons. The summed E-state index contributed by atoms with van der Waals surface area (Å²) in [4.78, 5) is 0. The summed E-state index contributed by atoms with van der Waals surface area (Å²) in [7, 11) is 0. The Hall–Kier alpha value is -2.30. The molecular formula is C17H18N2O2. The third-order valence-corrected chi connectivity index (χ3v) is 3.34. The Morgan fingerprint density at radius 3 is 2.57 bits per heavy atom. The minimum absolute atomic E-state index is 0.0839. The van der Waals surface area contributed by atoms with Crippen LogP contribution in [0.15, 0.2) is 60.7 Å². The standard InChI is InChI=1S/C17H18N2O2/c20-11-10-18-19-15-12-17(13-6-2-1-3-7-13)21-16-9-5-4-8-14(15)16/h1-9,12,17-20H,10-11H2/t17-/m1/s1. The van der Waals surface area contributed by atoms with Gasteiger partial charge in [0.05, 0.1) is 12.3 Å². The van der Waals surface area contributed by atoms with Crippen molar-refractivity contribution in [2.45, 2.75) is 6.10 Å². The van der Waals surface area contributed by atoms with Gasteiger partial charge in [0.15, 0.2) is 0 Å². The summed E-state index contributed by atoms with van der Waals surface area (Å²) in [5, 5.41) is 8.87. The first-order chi connectivity index (χ1) is 10.4. The van der Waals surface area contributed by atoms with Gasteiger partial charge >= 0.3 is 0 Å². The summed E-state index contributed by atoms with van der Waals surface area (Å²) in [6.07, 6.45) is 1.92. The summed E-state index contributed by atoms with van der Waals surface area (Å²) >= 11 is 0. The minimum Gasteiger partial charge on any atom is -0.481 e. The Bertz CT molecular complexity index is 626. The molecule has 1 heterocycles. The molecule has 0 spiro atoms. The molecule has 3 rings (SSSR count). The Labute approximate surface area is 124 Å². The van der Waals surface area contributed by atoms with E-state index in [1.54, 1.807) is 0 Å². The SMILES string of the molecule is OCCNNC1=C[C@H](c2ccccc2)Oc2ccccc21. The van der Waals surface area contributed by atoms with E-state index in [9.17, 15) is 0 Å². The molecule has 1 atom stereocenters. The maximum Gasteiger partial charge on any atom is 0.144 e. The second-order valence-corrected chi connectivity index (χ2v) is 4.80. The highest BCUT2D eigenvalue weighted by atomic mass is 16.5. The van der Waals surface area contributed by atoms with E-state index >= 15 is 0 Å². The number of aliphatic hydroxyl groups is 1. The Balaban J connectivity index is 1.90. The molecular weight excluding hydrogens is 264 g/mol. The Morgan fingerprint density at radius 1 is 1.00 bits per heavy atom. The van der Waals surface area contributed by atoms with Gasteiger partial charge < -0.3 is 15.3 Å². The second kappa shape index (κ2) is 6.43. The van der Waals surface area contributed by atoms with Gasteiger partial charge in [0.1, 0.15) is 11.9 Å². The summed E-state index contributed by atoms with van der Waals surface area (Å²) in [5.74, 6) is 0.849. The number of hydrogen-bond donors (Lipinski definition) is 3. The Kier molecular flexibility index (Phi) is 4.19. The largest absolute Gasteiger partial charge is 0.481 e. The molecule has 0 saturated heterocycles. The molecule has 0 amide bonds. The van der Waals surface area contributed by atoms with Crippen LogP contribution in [0.1, 0.15) is 17.2 Å². The zero-order chi connectivity index (χ0) is 14.5. The Morgan fingerprint density at radius 2 is 1.76 bits per heavy atom. The number of benzene rings is 2. The molecule has 21 heavy (non-hydrogen) atoms. The summed E-state index contributed by atoms with van der Waals surface area (Å²) in [6.45, 7) is 0.566. The van der Waals surface area contributed by atoms with E-state index in [1.165, 1.54) is 0 Å². The van der Waals surface area contributed by atoms with Crippen molar-refractivity contribution >= 4 is 5.70 Å². The fourth-order valence-electron chi connectivity index (χ4n) is 2.33. The van der Waals surface area contributed by atoms with Crippen molar-refractivity contribution in [2.24, 2.45) is 0 Å². The molecule has 0 bridgehead atoms. The van der Waals surface area contributed by atoms with Gasteiger partial charge in [-0.25, -0.2) is 5.43 Å². The lowest BCUT2D eigenvalue weighted by Crippen LogP contribution is -2.34. The van der Waals surface area contributed by atoms with E-state index in [4.69, 9.17) is 9.84 Å². The van der Waals surface area contributed by atoms with Crippen LogP contribution in [0.2, 0.25) is 0 Å². The molecule has 0 unspecified atom stereocenters. The van der Waals surface area contributed by atoms with Gasteiger partial charge in [0.2, 0.25) is 0 Å². The van der Waals surface area contributed by atoms with E-state index in [2.05, 4.69) is 10.9 Å². The highest BCUT2D eigenvalue weighted by Crippen LogP contribution is 2.35. The first kappa shape index (κ1) is 13.7. The molecule has 1 aliphatic rings. The molecule has 3 N–H and O–H groups in total. The molecule has 4 nitrogen and oxygen atoms in total. The predicted octanol–water partition coefficient (Wildman–Crippen LogP) is 2.25. The average Bonchev–Trinajstić information content (AvgIpc) is 2.55. The van der Waals surface area contributed by atoms with E-state index in [1.807, 2.05) is 60.7 Å². The maximum atomic E-state index is 8.87. The van der Waals surface area contributed by atoms with Crippen LogP contribution in [0.5, 0.6) is 5.75 Å². The van der Waals surface area contributed by atoms with Crippen LogP contribution < -0.4 is 15.6 Å². The maximum absolute atomic E-state index is 8.87. The van der Waals surface area contributed by atoms with Gasteiger partial charge in [-0.2, -0.15) is 0 Å². The lowest BCUT2D eigenvalue weighted by molar-refractivity contribution is 0.248. The number of rotatable bonds is 5. The smallest absolute Gasteiger partial charge is 0.144 e. The van der Waals surface area contributed by atoms with Crippen LogP contribution in [0.3, 0.4) is 0 Å². The number of para-hydroxylation sites is 1. The quantitative estimate of drug-likeness (QED) is 0.581. The van der Waals surface area contributed by atoms with Crippen LogP contribution in [0.25, 0.3) is 5.70 Å². The third-order valence-electron chi connectivity index (χ3n) is 3.34. The normalized spacial score (nSPS) is 16.6. The topological polar surface area (TPSA) is 53.5 Å². The highest BCUT2D eigenvalue weighted by Gasteiger charge is 2.21. The molecule has 0 fully saturated rings. The first-order valence-electron chi connectivity index (χ1n) is 7.01. The van der Waals surface area contributed by atoms with Gasteiger partial charge in [0.25, 0.3) is 0 Å². The van der Waals surface area contributed by atoms with Crippen molar-refractivity contribution in [1.29, 1.82) is 0 Å². The molecule has 0 aliphatic carbocycles. The molecule has 0 aromatic heterocycles. The molecule has 1 aliphatic heterocycles. The van der Waals surface area contributed by atoms with Crippen LogP contribution in [0, 0.1) is 0 Å². The zero-order valence-electron chi connectivity index (χ0n) is 11.6. The number of hydrogen-bond acceptors (Lipinski definition) is 4. The molecule has 2 aromatic rings. The van der Waals surface area contributed by atoms with E-state index in [0.29, 0.717) is 6.54 Å². The average molecular weight is 282 g/mol. The number of hydrazine groups is 1. The minimum atomic E-state index is -0.125. The summed E-state index contributed by atoms with van der Waals surface area (Å²) < 4.78 is 6.06. The summed E-state index contributed by atoms with van der Waals surface area (Å²) in [5.41, 5.74) is 9.22. The van der Waals surface area contributed by atoms with Crippen molar-refractivity contribution < 1.29 is 9.84 Å². The number of ether oxygens (including phenoxy) is 1. The lowest BCUT2D eigenvalue weighted by Gasteiger charge is -2.26. The van der Waals surface area contributed by atoms with Crippen molar-refractivity contribution in [3.63, 3.8) is 0 Å². The van der Waals surface area contributed by atoms with E-state index in [-0.39, 0.29) is 12.7 Å². The zero-order valence-corrected chi connectivity index (χ0v) is 11.6. The van der Waals surface area contributed by atoms with Gasteiger partial charge in [-0.15, -0.1) is 0 Å². The van der Waals surface area contributed by atoms with Gasteiger partial charge in [-0.1, -0.05) is 42.5 Å².